The van der Waals surface area contributed by atoms with Crippen molar-refractivity contribution >= 4 is 79.1 Å². The van der Waals surface area contributed by atoms with Crippen LogP contribution in [-0.2, 0) is 0 Å². The summed E-state index contributed by atoms with van der Waals surface area (Å²) in [5.41, 5.74) is 8.45. The standard InChI is InChI=1S/C16H11ClFN3O2.C15H11ClFN3/c1-9-2-4-12-11(15(9)21(22)23)6-7-19-16(12)20-10-3-5-14(18)13(17)8-10;16-12-8-9(4-5-13(12)17)20-15-11-2-1-3-14(18)10(11)6-7-19-15/h2-8H,1H3,(H,19,20);1-8H,18H2,(H,19,20). The van der Waals surface area contributed by atoms with Crippen LogP contribution in [0, 0.1) is 28.7 Å². The van der Waals surface area contributed by atoms with Crippen LogP contribution >= 0.6 is 23.2 Å². The van der Waals surface area contributed by atoms with Crippen molar-refractivity contribution in [1.82, 2.24) is 9.97 Å². The third-order valence-electron chi connectivity index (χ3n) is 6.51. The molecule has 0 aliphatic rings. The minimum atomic E-state index is -0.519. The number of rotatable bonds is 5. The van der Waals surface area contributed by atoms with Crippen LogP contribution < -0.4 is 16.4 Å². The molecule has 4 N–H and O–H groups in total. The van der Waals surface area contributed by atoms with Gasteiger partial charge in [-0.2, -0.15) is 0 Å². The van der Waals surface area contributed by atoms with Crippen LogP contribution in [0.1, 0.15) is 5.56 Å². The van der Waals surface area contributed by atoms with Gasteiger partial charge in [-0.3, -0.25) is 10.1 Å². The predicted molar refractivity (Wildman–Crippen MR) is 169 cm³/mol. The van der Waals surface area contributed by atoms with Gasteiger partial charge in [-0.1, -0.05) is 41.4 Å². The van der Waals surface area contributed by atoms with Crippen LogP contribution in [0.2, 0.25) is 10.0 Å². The molecule has 216 valence electrons. The molecule has 0 spiro atoms. The fourth-order valence-corrected chi connectivity index (χ4v) is 4.80. The lowest BCUT2D eigenvalue weighted by molar-refractivity contribution is -0.383. The van der Waals surface area contributed by atoms with E-state index in [2.05, 4.69) is 20.6 Å². The summed E-state index contributed by atoms with van der Waals surface area (Å²) in [7, 11) is 0. The maximum atomic E-state index is 13.2. The predicted octanol–water partition coefficient (Wildman–Crippen LogP) is 9.34. The highest BCUT2D eigenvalue weighted by Crippen LogP contribution is 2.34. The Balaban J connectivity index is 0.000000173. The van der Waals surface area contributed by atoms with Gasteiger partial charge in [0.25, 0.3) is 5.69 Å². The number of aromatic nitrogens is 2. The first kappa shape index (κ1) is 29.4. The Hall–Kier alpha value is -5.06. The molecule has 0 amide bonds. The van der Waals surface area contributed by atoms with Crippen LogP contribution in [-0.4, -0.2) is 14.9 Å². The first-order valence-electron chi connectivity index (χ1n) is 12.7. The van der Waals surface area contributed by atoms with Crippen molar-refractivity contribution in [2.24, 2.45) is 0 Å². The monoisotopic (exact) mass is 618 g/mol. The molecule has 6 aromatic rings. The third-order valence-corrected chi connectivity index (χ3v) is 7.09. The molecule has 0 bridgehead atoms. The second-order valence-electron chi connectivity index (χ2n) is 9.35. The lowest BCUT2D eigenvalue weighted by Crippen LogP contribution is -1.98. The Morgan fingerprint density at radius 2 is 1.28 bits per heavy atom. The van der Waals surface area contributed by atoms with Crippen LogP contribution in [0.25, 0.3) is 21.5 Å². The van der Waals surface area contributed by atoms with E-state index in [4.69, 9.17) is 28.9 Å². The van der Waals surface area contributed by atoms with Gasteiger partial charge in [-0.15, -0.1) is 0 Å². The smallest absolute Gasteiger partial charge is 0.280 e. The molecule has 0 aliphatic heterocycles. The van der Waals surface area contributed by atoms with Gasteiger partial charge < -0.3 is 16.4 Å². The van der Waals surface area contributed by atoms with E-state index in [9.17, 15) is 18.9 Å². The number of nitrogens with one attached hydrogen (secondary N) is 2. The average molecular weight is 619 g/mol. The first-order valence-corrected chi connectivity index (χ1v) is 13.5. The molecule has 8 nitrogen and oxygen atoms in total. The molecule has 6 rings (SSSR count). The number of hydrogen-bond donors (Lipinski definition) is 3. The molecule has 0 fully saturated rings. The van der Waals surface area contributed by atoms with E-state index in [1.165, 1.54) is 36.5 Å². The summed E-state index contributed by atoms with van der Waals surface area (Å²) in [5.74, 6) is 0.118. The molecular weight excluding hydrogens is 597 g/mol. The highest BCUT2D eigenvalue weighted by Gasteiger charge is 2.18. The van der Waals surface area contributed by atoms with Gasteiger partial charge in [-0.05, 0) is 67.6 Å². The lowest BCUT2D eigenvalue weighted by Gasteiger charge is -2.10. The van der Waals surface area contributed by atoms with E-state index in [0.717, 1.165) is 10.8 Å². The maximum absolute atomic E-state index is 13.2. The van der Waals surface area contributed by atoms with Crippen molar-refractivity contribution < 1.29 is 13.7 Å². The Bertz CT molecular complexity index is 2010. The third kappa shape index (κ3) is 6.40. The number of nitrogen functional groups attached to an aromatic ring is 1. The molecular formula is C31H22Cl2F2N6O2. The molecule has 2 heterocycles. The lowest BCUT2D eigenvalue weighted by atomic mass is 10.1. The normalized spacial score (nSPS) is 10.7. The number of hydrogen-bond acceptors (Lipinski definition) is 7. The van der Waals surface area contributed by atoms with Crippen LogP contribution in [0.3, 0.4) is 0 Å². The Labute approximate surface area is 254 Å². The van der Waals surface area contributed by atoms with E-state index < -0.39 is 16.6 Å². The summed E-state index contributed by atoms with van der Waals surface area (Å²) in [4.78, 5) is 19.4. The number of nitro groups is 1. The first-order chi connectivity index (χ1) is 20.6. The van der Waals surface area contributed by atoms with Gasteiger partial charge in [0.1, 0.15) is 23.3 Å². The van der Waals surface area contributed by atoms with E-state index >= 15 is 0 Å². The van der Waals surface area contributed by atoms with Gasteiger partial charge in [-0.25, -0.2) is 18.7 Å². The van der Waals surface area contributed by atoms with Crippen LogP contribution in [0.5, 0.6) is 0 Å². The highest BCUT2D eigenvalue weighted by molar-refractivity contribution is 6.31. The van der Waals surface area contributed by atoms with Crippen LogP contribution in [0.15, 0.2) is 91.3 Å². The Kier molecular flexibility index (Phi) is 8.51. The SMILES string of the molecule is Cc1ccc2c(Nc3ccc(F)c(Cl)c3)nccc2c1[N+](=O)[O-].Nc1cccc2c(Nc3ccc(F)c(Cl)c3)nccc12. The molecule has 0 saturated carbocycles. The van der Waals surface area contributed by atoms with Gasteiger partial charge >= 0.3 is 0 Å². The van der Waals surface area contributed by atoms with E-state index in [0.29, 0.717) is 45.0 Å². The summed E-state index contributed by atoms with van der Waals surface area (Å²) < 4.78 is 26.4. The number of nitrogens with two attached hydrogens (primary N) is 1. The number of nitro benzene ring substituents is 1. The second kappa shape index (κ2) is 12.4. The Morgan fingerprint density at radius 3 is 1.81 bits per heavy atom. The Morgan fingerprint density at radius 1 is 0.744 bits per heavy atom. The molecule has 0 radical (unpaired) electrons. The minimum Gasteiger partial charge on any atom is -0.398 e. The molecule has 43 heavy (non-hydrogen) atoms. The average Bonchev–Trinajstić information content (AvgIpc) is 2.97. The molecule has 4 aromatic carbocycles. The second-order valence-corrected chi connectivity index (χ2v) is 10.2. The number of pyridine rings is 2. The van der Waals surface area contributed by atoms with E-state index in [1.54, 1.807) is 37.4 Å². The number of fused-ring (bicyclic) bond motifs is 2. The summed E-state index contributed by atoms with van der Waals surface area (Å²) in [6.07, 6.45) is 3.16. The quantitative estimate of drug-likeness (QED) is 0.1000. The molecule has 0 aliphatic carbocycles. The number of anilines is 5. The van der Waals surface area contributed by atoms with Crippen molar-refractivity contribution in [3.63, 3.8) is 0 Å². The molecule has 0 atom stereocenters. The minimum absolute atomic E-state index is 0.0166. The zero-order chi connectivity index (χ0) is 30.7. The summed E-state index contributed by atoms with van der Waals surface area (Å²) in [6.45, 7) is 1.69. The van der Waals surface area contributed by atoms with Crippen molar-refractivity contribution in [2.45, 2.75) is 6.92 Å². The van der Waals surface area contributed by atoms with Gasteiger partial charge in [0.2, 0.25) is 0 Å². The molecule has 2 aromatic heterocycles. The fourth-order valence-electron chi connectivity index (χ4n) is 4.44. The number of halogens is 4. The number of benzene rings is 4. The van der Waals surface area contributed by atoms with Gasteiger partial charge in [0.15, 0.2) is 0 Å². The molecule has 0 unspecified atom stereocenters. The summed E-state index contributed by atoms with van der Waals surface area (Å²) >= 11 is 11.5. The summed E-state index contributed by atoms with van der Waals surface area (Å²) in [6, 6.07) is 21.1. The molecule has 12 heteroatoms. The summed E-state index contributed by atoms with van der Waals surface area (Å²) in [5, 5.41) is 20.4. The van der Waals surface area contributed by atoms with Crippen molar-refractivity contribution in [1.29, 1.82) is 0 Å². The number of aryl methyl sites for hydroxylation is 1. The number of nitrogens with zero attached hydrogens (tertiary/aromatic N) is 3. The van der Waals surface area contributed by atoms with E-state index in [-0.39, 0.29) is 15.7 Å². The van der Waals surface area contributed by atoms with Crippen molar-refractivity contribution in [2.75, 3.05) is 16.4 Å². The maximum Gasteiger partial charge on any atom is 0.280 e. The fraction of sp³-hybridized carbons (Fsp3) is 0.0323. The zero-order valence-corrected chi connectivity index (χ0v) is 23.9. The highest BCUT2D eigenvalue weighted by atomic mass is 35.5. The largest absolute Gasteiger partial charge is 0.398 e. The zero-order valence-electron chi connectivity index (χ0n) is 22.4. The van der Waals surface area contributed by atoms with E-state index in [1.807, 2.05) is 24.3 Å². The van der Waals surface area contributed by atoms with Crippen molar-refractivity contribution in [3.8, 4) is 0 Å². The molecule has 0 saturated heterocycles. The topological polar surface area (TPSA) is 119 Å². The van der Waals surface area contributed by atoms with Gasteiger partial charge in [0.05, 0.1) is 20.4 Å². The van der Waals surface area contributed by atoms with Crippen LogP contribution in [0.4, 0.5) is 43.2 Å². The van der Waals surface area contributed by atoms with Gasteiger partial charge in [0, 0.05) is 51.2 Å². The van der Waals surface area contributed by atoms with Crippen molar-refractivity contribution in [3.05, 3.63) is 129 Å².